The SMILES string of the molecule is O=C(O)CN(CN1CCCC1=O)CN1CCCC1=O. The van der Waals surface area contributed by atoms with Crippen molar-refractivity contribution in [3.8, 4) is 0 Å². The number of likely N-dealkylation sites (tertiary alicyclic amines) is 2. The molecule has 7 heteroatoms. The van der Waals surface area contributed by atoms with Crippen molar-refractivity contribution in [2.24, 2.45) is 0 Å². The highest BCUT2D eigenvalue weighted by atomic mass is 16.4. The Morgan fingerprint density at radius 3 is 1.84 bits per heavy atom. The van der Waals surface area contributed by atoms with Crippen LogP contribution in [0.15, 0.2) is 0 Å². The lowest BCUT2D eigenvalue weighted by Crippen LogP contribution is -2.47. The fraction of sp³-hybridized carbons (Fsp3) is 0.750. The second-order valence-corrected chi connectivity index (χ2v) is 5.03. The average molecular weight is 269 g/mol. The van der Waals surface area contributed by atoms with Gasteiger partial charge < -0.3 is 14.9 Å². The summed E-state index contributed by atoms with van der Waals surface area (Å²) in [4.78, 5) is 39.0. The molecule has 0 unspecified atom stereocenters. The monoisotopic (exact) mass is 269 g/mol. The first-order valence-corrected chi connectivity index (χ1v) is 6.56. The van der Waals surface area contributed by atoms with Gasteiger partial charge in [-0.3, -0.25) is 19.3 Å². The molecule has 7 nitrogen and oxygen atoms in total. The van der Waals surface area contributed by atoms with Crippen LogP contribution in [0.2, 0.25) is 0 Å². The fourth-order valence-corrected chi connectivity index (χ4v) is 2.53. The van der Waals surface area contributed by atoms with Gasteiger partial charge >= 0.3 is 5.97 Å². The van der Waals surface area contributed by atoms with E-state index in [0.717, 1.165) is 12.8 Å². The minimum absolute atomic E-state index is 0.0585. The molecule has 2 fully saturated rings. The highest BCUT2D eigenvalue weighted by Gasteiger charge is 2.27. The third kappa shape index (κ3) is 3.66. The van der Waals surface area contributed by atoms with Gasteiger partial charge in [-0.05, 0) is 12.8 Å². The van der Waals surface area contributed by atoms with Crippen molar-refractivity contribution in [2.45, 2.75) is 25.7 Å². The van der Waals surface area contributed by atoms with Gasteiger partial charge in [-0.15, -0.1) is 0 Å². The first-order chi connectivity index (χ1) is 9.06. The summed E-state index contributed by atoms with van der Waals surface area (Å²) in [6.07, 6.45) is 2.71. The third-order valence-electron chi connectivity index (χ3n) is 3.44. The lowest BCUT2D eigenvalue weighted by molar-refractivity contribution is -0.143. The molecule has 2 amide bonds. The first-order valence-electron chi connectivity index (χ1n) is 6.56. The summed E-state index contributed by atoms with van der Waals surface area (Å²) in [7, 11) is 0. The van der Waals surface area contributed by atoms with Crippen molar-refractivity contribution in [3.63, 3.8) is 0 Å². The molecular weight excluding hydrogens is 250 g/mol. The molecule has 1 N–H and O–H groups in total. The number of carboxylic acids is 1. The Morgan fingerprint density at radius 1 is 1.05 bits per heavy atom. The normalized spacial score (nSPS) is 19.8. The van der Waals surface area contributed by atoms with Crippen LogP contribution in [0.4, 0.5) is 0 Å². The minimum Gasteiger partial charge on any atom is -0.480 e. The zero-order valence-corrected chi connectivity index (χ0v) is 10.9. The van der Waals surface area contributed by atoms with Crippen molar-refractivity contribution < 1.29 is 19.5 Å². The van der Waals surface area contributed by atoms with Gasteiger partial charge in [0.05, 0.1) is 19.9 Å². The van der Waals surface area contributed by atoms with E-state index in [9.17, 15) is 14.4 Å². The van der Waals surface area contributed by atoms with Crippen molar-refractivity contribution in [2.75, 3.05) is 33.0 Å². The Bertz CT molecular complexity index is 357. The Morgan fingerprint density at radius 2 is 1.53 bits per heavy atom. The Hall–Kier alpha value is -1.63. The topological polar surface area (TPSA) is 81.2 Å². The van der Waals surface area contributed by atoms with Gasteiger partial charge in [-0.1, -0.05) is 0 Å². The highest BCUT2D eigenvalue weighted by Crippen LogP contribution is 2.13. The summed E-state index contributed by atoms with van der Waals surface area (Å²) >= 11 is 0. The number of hydrogen-bond donors (Lipinski definition) is 1. The van der Waals surface area contributed by atoms with Gasteiger partial charge in [0.1, 0.15) is 0 Å². The van der Waals surface area contributed by atoms with Crippen LogP contribution in [0.3, 0.4) is 0 Å². The summed E-state index contributed by atoms with van der Waals surface area (Å²) in [6, 6.07) is 0. The van der Waals surface area contributed by atoms with Crippen LogP contribution >= 0.6 is 0 Å². The summed E-state index contributed by atoms with van der Waals surface area (Å²) in [6.45, 7) is 1.75. The van der Waals surface area contributed by atoms with Crippen LogP contribution in [0.25, 0.3) is 0 Å². The second kappa shape index (κ2) is 6.01. The summed E-state index contributed by atoms with van der Waals surface area (Å²) in [5.41, 5.74) is 0. The number of hydrogen-bond acceptors (Lipinski definition) is 4. The minimum atomic E-state index is -0.946. The molecule has 106 valence electrons. The van der Waals surface area contributed by atoms with E-state index in [-0.39, 0.29) is 31.7 Å². The zero-order chi connectivity index (χ0) is 13.8. The molecule has 0 bridgehead atoms. The molecule has 0 aromatic heterocycles. The van der Waals surface area contributed by atoms with Crippen LogP contribution in [0.1, 0.15) is 25.7 Å². The van der Waals surface area contributed by atoms with Gasteiger partial charge in [0.2, 0.25) is 11.8 Å². The van der Waals surface area contributed by atoms with Crippen LogP contribution in [-0.4, -0.2) is 70.6 Å². The number of nitrogens with zero attached hydrogens (tertiary/aromatic N) is 3. The van der Waals surface area contributed by atoms with Gasteiger partial charge in [0.25, 0.3) is 0 Å². The van der Waals surface area contributed by atoms with Crippen molar-refractivity contribution >= 4 is 17.8 Å². The molecular formula is C12H19N3O4. The van der Waals surface area contributed by atoms with E-state index < -0.39 is 5.97 Å². The van der Waals surface area contributed by atoms with Gasteiger partial charge in [0, 0.05) is 25.9 Å². The molecule has 0 atom stereocenters. The second-order valence-electron chi connectivity index (χ2n) is 5.03. The number of aliphatic carboxylic acids is 1. The van der Waals surface area contributed by atoms with E-state index in [2.05, 4.69) is 0 Å². The van der Waals surface area contributed by atoms with Crippen molar-refractivity contribution in [3.05, 3.63) is 0 Å². The van der Waals surface area contributed by atoms with Crippen LogP contribution < -0.4 is 0 Å². The molecule has 2 aliphatic heterocycles. The molecule has 2 aliphatic rings. The predicted octanol–water partition coefficient (Wildman–Crippen LogP) is -0.467. The van der Waals surface area contributed by atoms with Gasteiger partial charge in [-0.2, -0.15) is 0 Å². The van der Waals surface area contributed by atoms with E-state index in [1.807, 2.05) is 0 Å². The van der Waals surface area contributed by atoms with Crippen LogP contribution in [-0.2, 0) is 14.4 Å². The average Bonchev–Trinajstić information content (AvgIpc) is 2.89. The molecule has 2 saturated heterocycles. The molecule has 2 heterocycles. The molecule has 0 aliphatic carbocycles. The Labute approximate surface area is 111 Å². The van der Waals surface area contributed by atoms with Crippen LogP contribution in [0, 0.1) is 0 Å². The predicted molar refractivity (Wildman–Crippen MR) is 66.0 cm³/mol. The fourth-order valence-electron chi connectivity index (χ4n) is 2.53. The molecule has 0 aromatic carbocycles. The molecule has 0 spiro atoms. The standard InChI is InChI=1S/C12H19N3O4/c16-10-3-1-5-14(10)8-13(7-12(18)19)9-15-6-2-4-11(15)17/h1-9H2,(H,18,19). The largest absolute Gasteiger partial charge is 0.480 e. The summed E-state index contributed by atoms with van der Waals surface area (Å²) < 4.78 is 0. The Balaban J connectivity index is 1.92. The van der Waals surface area contributed by atoms with Gasteiger partial charge in [0.15, 0.2) is 0 Å². The zero-order valence-electron chi connectivity index (χ0n) is 10.9. The Kier molecular flexibility index (Phi) is 4.36. The third-order valence-corrected chi connectivity index (χ3v) is 3.44. The molecule has 0 saturated carbocycles. The molecule has 0 radical (unpaired) electrons. The van der Waals surface area contributed by atoms with E-state index in [0.29, 0.717) is 25.9 Å². The van der Waals surface area contributed by atoms with E-state index in [1.54, 1.807) is 14.7 Å². The number of amides is 2. The van der Waals surface area contributed by atoms with Crippen LogP contribution in [0.5, 0.6) is 0 Å². The number of carboxylic acid groups (broad SMARTS) is 1. The smallest absolute Gasteiger partial charge is 0.317 e. The number of carbonyl (C=O) groups is 3. The quantitative estimate of drug-likeness (QED) is 0.705. The van der Waals surface area contributed by atoms with Gasteiger partial charge in [-0.25, -0.2) is 0 Å². The molecule has 2 rings (SSSR count). The maximum atomic E-state index is 11.6. The number of rotatable bonds is 6. The maximum Gasteiger partial charge on any atom is 0.317 e. The first kappa shape index (κ1) is 13.8. The lowest BCUT2D eigenvalue weighted by atomic mass is 10.4. The van der Waals surface area contributed by atoms with E-state index in [4.69, 9.17) is 5.11 Å². The molecule has 19 heavy (non-hydrogen) atoms. The number of carbonyl (C=O) groups excluding carboxylic acids is 2. The van der Waals surface area contributed by atoms with Crippen molar-refractivity contribution in [1.82, 2.24) is 14.7 Å². The highest BCUT2D eigenvalue weighted by molar-refractivity contribution is 5.78. The summed E-state index contributed by atoms with van der Waals surface area (Å²) in [5.74, 6) is -0.829. The summed E-state index contributed by atoms with van der Waals surface area (Å²) in [5, 5.41) is 8.91. The van der Waals surface area contributed by atoms with E-state index in [1.165, 1.54) is 0 Å². The lowest BCUT2D eigenvalue weighted by Gasteiger charge is -2.30. The maximum absolute atomic E-state index is 11.6. The molecule has 0 aromatic rings. The van der Waals surface area contributed by atoms with E-state index >= 15 is 0 Å². The van der Waals surface area contributed by atoms with Crippen molar-refractivity contribution in [1.29, 1.82) is 0 Å².